The van der Waals surface area contributed by atoms with E-state index in [1.165, 1.54) is 17.9 Å². The molecular weight excluding hydrogens is 428 g/mol. The van der Waals surface area contributed by atoms with Gasteiger partial charge in [0.25, 0.3) is 5.91 Å². The average Bonchev–Trinajstić information content (AvgIpc) is 3.33. The minimum absolute atomic E-state index is 0.0268. The van der Waals surface area contributed by atoms with Gasteiger partial charge in [0, 0.05) is 20.0 Å². The van der Waals surface area contributed by atoms with Gasteiger partial charge < -0.3 is 9.84 Å². The Morgan fingerprint density at radius 3 is 2.30 bits per heavy atom. The Morgan fingerprint density at radius 1 is 1.09 bits per heavy atom. The van der Waals surface area contributed by atoms with Crippen molar-refractivity contribution in [3.05, 3.63) is 71.4 Å². The van der Waals surface area contributed by atoms with Crippen molar-refractivity contribution in [1.29, 1.82) is 0 Å². The quantitative estimate of drug-likeness (QED) is 0.531. The number of benzene rings is 2. The Bertz CT molecular complexity index is 1180. The molecule has 2 amide bonds. The second-order valence-electron chi connectivity index (χ2n) is 7.45. The maximum Gasteiger partial charge on any atom is 0.412 e. The molecule has 0 aliphatic heterocycles. The Morgan fingerprint density at radius 2 is 1.70 bits per heavy atom. The lowest BCUT2D eigenvalue weighted by Crippen LogP contribution is -2.30. The molecule has 2 N–H and O–H groups in total. The molecule has 0 radical (unpaired) electrons. The normalized spacial score (nSPS) is 12.1. The third-order valence-electron chi connectivity index (χ3n) is 5.40. The number of carboxylic acid groups (broad SMARTS) is 1. The second-order valence-corrected chi connectivity index (χ2v) is 7.45. The van der Waals surface area contributed by atoms with Gasteiger partial charge in [0.1, 0.15) is 18.0 Å². The van der Waals surface area contributed by atoms with Crippen molar-refractivity contribution in [2.75, 3.05) is 25.6 Å². The summed E-state index contributed by atoms with van der Waals surface area (Å²) in [4.78, 5) is 40.7. The zero-order valence-corrected chi connectivity index (χ0v) is 18.0. The summed E-state index contributed by atoms with van der Waals surface area (Å²) in [5.41, 5.74) is 4.43. The fraction of sp³-hybridized carbons (Fsp3) is 0.217. The third-order valence-corrected chi connectivity index (χ3v) is 5.40. The van der Waals surface area contributed by atoms with E-state index in [1.54, 1.807) is 7.05 Å². The molecule has 0 unspecified atom stereocenters. The monoisotopic (exact) mass is 450 g/mol. The van der Waals surface area contributed by atoms with E-state index in [2.05, 4.69) is 10.4 Å². The Labute approximate surface area is 189 Å². The first-order chi connectivity index (χ1) is 15.9. The highest BCUT2D eigenvalue weighted by Gasteiger charge is 2.29. The minimum Gasteiger partial charge on any atom is -0.479 e. The number of hydrogen-bond donors (Lipinski definition) is 2. The molecule has 1 heterocycles. The number of amides is 2. The number of carbonyl (C=O) groups is 3. The highest BCUT2D eigenvalue weighted by Crippen LogP contribution is 2.44. The zero-order chi connectivity index (χ0) is 23.5. The standard InChI is InChI=1S/C23H22N4O6/c1-26-21(18(11-24-26)22(30)27(2)33-13-20(28)29)25-23(31)32-12-19-16-9-5-3-7-14(16)15-8-4-6-10-17(15)19/h3-11,19H,12-13H2,1-2H3,(H,25,31)(H,28,29). The predicted molar refractivity (Wildman–Crippen MR) is 118 cm³/mol. The van der Waals surface area contributed by atoms with Crippen molar-refractivity contribution in [2.45, 2.75) is 5.92 Å². The molecule has 1 aliphatic rings. The summed E-state index contributed by atoms with van der Waals surface area (Å²) in [6, 6.07) is 16.0. The number of aliphatic carboxylic acids is 1. The van der Waals surface area contributed by atoms with Gasteiger partial charge in [-0.3, -0.25) is 19.6 Å². The predicted octanol–water partition coefficient (Wildman–Crippen LogP) is 2.87. The van der Waals surface area contributed by atoms with Crippen molar-refractivity contribution in [2.24, 2.45) is 7.05 Å². The number of carbonyl (C=O) groups excluding carboxylic acids is 2. The molecule has 0 fully saturated rings. The number of anilines is 1. The van der Waals surface area contributed by atoms with Gasteiger partial charge in [0.05, 0.1) is 6.20 Å². The van der Waals surface area contributed by atoms with Gasteiger partial charge >= 0.3 is 12.1 Å². The van der Waals surface area contributed by atoms with Gasteiger partial charge in [-0.2, -0.15) is 5.10 Å². The number of aryl methyl sites for hydroxylation is 1. The molecule has 170 valence electrons. The van der Waals surface area contributed by atoms with Gasteiger partial charge in [-0.1, -0.05) is 48.5 Å². The van der Waals surface area contributed by atoms with Crippen LogP contribution in [0.2, 0.25) is 0 Å². The molecule has 0 saturated heterocycles. The molecule has 2 aromatic carbocycles. The van der Waals surface area contributed by atoms with Crippen LogP contribution in [0.1, 0.15) is 27.4 Å². The lowest BCUT2D eigenvalue weighted by molar-refractivity contribution is -0.159. The summed E-state index contributed by atoms with van der Waals surface area (Å²) >= 11 is 0. The molecule has 0 bridgehead atoms. The number of nitrogens with zero attached hydrogens (tertiary/aromatic N) is 3. The number of aromatic nitrogens is 2. The van der Waals surface area contributed by atoms with E-state index in [1.807, 2.05) is 48.5 Å². The number of ether oxygens (including phenoxy) is 1. The van der Waals surface area contributed by atoms with Crippen LogP contribution in [0, 0.1) is 0 Å². The van der Waals surface area contributed by atoms with Crippen LogP contribution in [-0.2, 0) is 21.4 Å². The molecule has 1 aromatic heterocycles. The molecular formula is C23H22N4O6. The lowest BCUT2D eigenvalue weighted by Gasteiger charge is -2.17. The Hall–Kier alpha value is -4.18. The summed E-state index contributed by atoms with van der Waals surface area (Å²) in [6.45, 7) is -0.569. The first-order valence-electron chi connectivity index (χ1n) is 10.1. The van der Waals surface area contributed by atoms with E-state index in [0.717, 1.165) is 27.3 Å². The zero-order valence-electron chi connectivity index (χ0n) is 18.0. The van der Waals surface area contributed by atoms with E-state index in [0.29, 0.717) is 0 Å². The van der Waals surface area contributed by atoms with Crippen molar-refractivity contribution >= 4 is 23.8 Å². The average molecular weight is 450 g/mol. The molecule has 4 rings (SSSR count). The third kappa shape index (κ3) is 4.41. The van der Waals surface area contributed by atoms with Gasteiger partial charge in [0.15, 0.2) is 6.61 Å². The van der Waals surface area contributed by atoms with Crippen LogP contribution >= 0.6 is 0 Å². The van der Waals surface area contributed by atoms with E-state index >= 15 is 0 Å². The minimum atomic E-state index is -1.22. The number of hydrogen-bond acceptors (Lipinski definition) is 6. The maximum absolute atomic E-state index is 12.6. The van der Waals surface area contributed by atoms with Gasteiger partial charge in [-0.05, 0) is 22.3 Å². The van der Waals surface area contributed by atoms with Crippen LogP contribution in [0.15, 0.2) is 54.7 Å². The first-order valence-corrected chi connectivity index (χ1v) is 10.1. The van der Waals surface area contributed by atoms with E-state index in [4.69, 9.17) is 14.7 Å². The van der Waals surface area contributed by atoms with E-state index < -0.39 is 24.6 Å². The van der Waals surface area contributed by atoms with Crippen molar-refractivity contribution in [1.82, 2.24) is 14.8 Å². The number of fused-ring (bicyclic) bond motifs is 3. The fourth-order valence-electron chi connectivity index (χ4n) is 3.85. The number of rotatable bonds is 7. The maximum atomic E-state index is 12.6. The molecule has 33 heavy (non-hydrogen) atoms. The van der Waals surface area contributed by atoms with Gasteiger partial charge in [-0.25, -0.2) is 14.7 Å². The van der Waals surface area contributed by atoms with Crippen LogP contribution in [0.4, 0.5) is 10.6 Å². The van der Waals surface area contributed by atoms with Crippen molar-refractivity contribution in [3.63, 3.8) is 0 Å². The second kappa shape index (κ2) is 9.13. The smallest absolute Gasteiger partial charge is 0.412 e. The Kier molecular flexibility index (Phi) is 6.09. The van der Waals surface area contributed by atoms with Crippen LogP contribution in [0.3, 0.4) is 0 Å². The van der Waals surface area contributed by atoms with Crippen LogP contribution < -0.4 is 5.32 Å². The van der Waals surface area contributed by atoms with Crippen molar-refractivity contribution < 1.29 is 29.1 Å². The molecule has 0 saturated carbocycles. The molecule has 1 aliphatic carbocycles. The molecule has 3 aromatic rings. The SMILES string of the molecule is CN(OCC(=O)O)C(=O)c1cnn(C)c1NC(=O)OCC1c2ccccc2-c2ccccc21. The lowest BCUT2D eigenvalue weighted by atomic mass is 9.98. The summed E-state index contributed by atoms with van der Waals surface area (Å²) in [7, 11) is 2.82. The highest BCUT2D eigenvalue weighted by molar-refractivity contribution is 6.01. The number of hydroxylamine groups is 2. The molecule has 0 spiro atoms. The van der Waals surface area contributed by atoms with Crippen LogP contribution in [-0.4, -0.2) is 58.2 Å². The number of nitrogens with one attached hydrogen (secondary N) is 1. The van der Waals surface area contributed by atoms with Crippen LogP contribution in [0.5, 0.6) is 0 Å². The Balaban J connectivity index is 1.45. The van der Waals surface area contributed by atoms with E-state index in [9.17, 15) is 14.4 Å². The van der Waals surface area contributed by atoms with Crippen LogP contribution in [0.25, 0.3) is 11.1 Å². The summed E-state index contributed by atoms with van der Waals surface area (Å²) in [5, 5.41) is 16.0. The molecule has 10 heteroatoms. The summed E-state index contributed by atoms with van der Waals surface area (Å²) in [5.74, 6) is -1.90. The summed E-state index contributed by atoms with van der Waals surface area (Å²) in [6.07, 6.45) is 0.505. The fourth-order valence-corrected chi connectivity index (χ4v) is 3.85. The van der Waals surface area contributed by atoms with Gasteiger partial charge in [-0.15, -0.1) is 0 Å². The summed E-state index contributed by atoms with van der Waals surface area (Å²) < 4.78 is 6.82. The first kappa shape index (κ1) is 22.0. The molecule has 0 atom stereocenters. The van der Waals surface area contributed by atoms with Gasteiger partial charge in [0.2, 0.25) is 0 Å². The topological polar surface area (TPSA) is 123 Å². The molecule has 10 nitrogen and oxygen atoms in total. The highest BCUT2D eigenvalue weighted by atomic mass is 16.7. The van der Waals surface area contributed by atoms with E-state index in [-0.39, 0.29) is 23.9 Å². The number of carboxylic acids is 1. The largest absolute Gasteiger partial charge is 0.479 e. The van der Waals surface area contributed by atoms with Crippen molar-refractivity contribution in [3.8, 4) is 11.1 Å².